The van der Waals surface area contributed by atoms with Gasteiger partial charge in [0.2, 0.25) is 0 Å². The highest BCUT2D eigenvalue weighted by atomic mass is 16.5. The summed E-state index contributed by atoms with van der Waals surface area (Å²) in [6.07, 6.45) is 49.0. The van der Waals surface area contributed by atoms with E-state index >= 15 is 0 Å². The third-order valence-corrected chi connectivity index (χ3v) is 30.1. The first-order chi connectivity index (χ1) is 36.1. The summed E-state index contributed by atoms with van der Waals surface area (Å²) < 4.78 is 6.27. The normalized spacial score (nSPS) is 45.3. The summed E-state index contributed by atoms with van der Waals surface area (Å²) >= 11 is 0. The van der Waals surface area contributed by atoms with Crippen molar-refractivity contribution in [2.75, 3.05) is 0 Å². The van der Waals surface area contributed by atoms with Gasteiger partial charge >= 0.3 is 0 Å². The van der Waals surface area contributed by atoms with Crippen LogP contribution in [0.25, 0.3) is 0 Å². The van der Waals surface area contributed by atoms with Gasteiger partial charge in [0.15, 0.2) is 0 Å². The fourth-order valence-electron chi connectivity index (χ4n) is 24.2. The van der Waals surface area contributed by atoms with E-state index in [1.165, 1.54) is 157 Å². The Balaban J connectivity index is 0.0000000954. The van der Waals surface area contributed by atoms with Gasteiger partial charge < -0.3 is 4.74 Å². The molecule has 0 radical (unpaired) electrons. The lowest BCUT2D eigenvalue weighted by Gasteiger charge is -3.09. The fraction of sp³-hybridized carbons (Fsp3) is 1.00. The minimum atomic E-state index is 0.300. The maximum Gasteiger partial charge on any atom is 0.0714 e. The molecule has 0 aromatic rings. The van der Waals surface area contributed by atoms with Gasteiger partial charge in [-0.15, -0.1) is 0 Å². The second-order valence-electron chi connectivity index (χ2n) is 35.7. The molecular weight excluding hydrogens is 917 g/mol. The standard InChI is InChI=1S/C13H24.C12H20O.2C12H22.C11H14.C8H14.C7H14/c1-11(2)12-6-9-13(10-12)7-4-3-5-8-13;1-8(2)12-6-9-3-10(7-12)5-11(4-9)13-12;1-10(2)11-6-9-12(11)7-4-3-5-8-12;1-10(2)11-8-12(9-11)6-4-3-5-7-12;1-3(2)11-8-5-4-6(8)10(11)7(4)9(5)11;1-6(2)8-3-7(4-8)5-8;1-6(2)7(3)4-5-7/h11-12H,3-10H2,1-2H3;8-11H,3-7H2,1-2H3;2*10-11H,3-9H2,1-2H3;3-10H,1-2H3;6-7H,3-5H2,1-2H3;6H,4-5H2,1-3H3. The van der Waals surface area contributed by atoms with Crippen molar-refractivity contribution in [1.29, 1.82) is 0 Å². The molecular formula is C75H130O. The highest BCUT2D eigenvalue weighted by Crippen LogP contribution is 3.07. The van der Waals surface area contributed by atoms with Crippen LogP contribution in [0.1, 0.15) is 309 Å². The van der Waals surface area contributed by atoms with Crippen molar-refractivity contribution >= 4 is 0 Å². The van der Waals surface area contributed by atoms with Crippen molar-refractivity contribution in [2.45, 2.75) is 321 Å². The molecule has 0 aromatic heterocycles. The molecule has 20 rings (SSSR count). The van der Waals surface area contributed by atoms with Crippen LogP contribution in [-0.2, 0) is 4.74 Å². The molecule has 4 unspecified atom stereocenters. The molecule has 20 fully saturated rings. The molecule has 3 spiro atoms. The van der Waals surface area contributed by atoms with Crippen LogP contribution in [0, 0.1) is 151 Å². The summed E-state index contributed by atoms with van der Waals surface area (Å²) in [5, 5.41) is 0. The zero-order valence-corrected chi connectivity index (χ0v) is 53.7. The summed E-state index contributed by atoms with van der Waals surface area (Å²) in [5.41, 5.74) is 5.40. The number of hydrogen-bond acceptors (Lipinski definition) is 1. The van der Waals surface area contributed by atoms with Crippen LogP contribution in [0.5, 0.6) is 0 Å². The molecule has 6 bridgehead atoms. The Morgan fingerprint density at radius 2 is 0.855 bits per heavy atom. The smallest absolute Gasteiger partial charge is 0.0714 e. The van der Waals surface area contributed by atoms with Gasteiger partial charge in [-0.25, -0.2) is 0 Å². The Morgan fingerprint density at radius 1 is 0.368 bits per heavy atom. The number of rotatable bonds is 7. The van der Waals surface area contributed by atoms with Crippen molar-refractivity contribution in [3.05, 3.63) is 0 Å². The van der Waals surface area contributed by atoms with E-state index < -0.39 is 0 Å². The van der Waals surface area contributed by atoms with Crippen molar-refractivity contribution in [2.24, 2.45) is 151 Å². The quantitative estimate of drug-likeness (QED) is 0.247. The van der Waals surface area contributed by atoms with Crippen LogP contribution in [0.15, 0.2) is 0 Å². The van der Waals surface area contributed by atoms with E-state index in [2.05, 4.69) is 104 Å². The van der Waals surface area contributed by atoms with E-state index in [1.807, 2.05) is 0 Å². The van der Waals surface area contributed by atoms with Gasteiger partial charge in [0.05, 0.1) is 11.7 Å². The van der Waals surface area contributed by atoms with Crippen LogP contribution in [-0.4, -0.2) is 11.7 Å². The molecule has 18 aliphatic carbocycles. The average Bonchev–Trinajstić information content (AvgIpc) is 0.981. The van der Waals surface area contributed by atoms with Crippen molar-refractivity contribution < 1.29 is 4.74 Å². The average molecular weight is 1050 g/mol. The van der Waals surface area contributed by atoms with E-state index in [4.69, 9.17) is 4.74 Å². The van der Waals surface area contributed by atoms with Crippen molar-refractivity contribution in [3.63, 3.8) is 0 Å². The molecule has 2 heterocycles. The van der Waals surface area contributed by atoms with Crippen molar-refractivity contribution in [3.8, 4) is 0 Å². The Labute approximate surface area is 474 Å². The summed E-state index contributed by atoms with van der Waals surface area (Å²) in [5.74, 6) is 21.8. The van der Waals surface area contributed by atoms with Gasteiger partial charge in [-0.2, -0.15) is 0 Å². The van der Waals surface area contributed by atoms with E-state index in [9.17, 15) is 0 Å². The first-order valence-corrected chi connectivity index (χ1v) is 35.7. The largest absolute Gasteiger partial charge is 0.371 e. The number of hydrogen-bond donors (Lipinski definition) is 0. The summed E-state index contributed by atoms with van der Waals surface area (Å²) in [6, 6.07) is 0. The van der Waals surface area contributed by atoms with E-state index in [0.29, 0.717) is 11.7 Å². The van der Waals surface area contributed by atoms with Gasteiger partial charge in [-0.05, 0) is 299 Å². The highest BCUT2D eigenvalue weighted by Gasteiger charge is 3.04. The molecule has 1 nitrogen and oxygen atoms in total. The molecule has 2 aliphatic heterocycles. The predicted octanol–water partition coefficient (Wildman–Crippen LogP) is 22.3. The van der Waals surface area contributed by atoms with Crippen molar-refractivity contribution in [1.82, 2.24) is 0 Å². The molecule has 76 heavy (non-hydrogen) atoms. The van der Waals surface area contributed by atoms with Gasteiger partial charge in [-0.3, -0.25) is 0 Å². The van der Waals surface area contributed by atoms with Crippen LogP contribution in [0.2, 0.25) is 0 Å². The monoisotopic (exact) mass is 1050 g/mol. The molecule has 20 aliphatic rings. The molecule has 4 atom stereocenters. The summed E-state index contributed by atoms with van der Waals surface area (Å²) in [4.78, 5) is 0. The summed E-state index contributed by atoms with van der Waals surface area (Å²) in [7, 11) is 0. The summed E-state index contributed by atoms with van der Waals surface area (Å²) in [6.45, 7) is 35.8. The fourth-order valence-corrected chi connectivity index (χ4v) is 24.2. The third kappa shape index (κ3) is 9.85. The maximum absolute atomic E-state index is 6.27. The lowest BCUT2D eigenvalue weighted by atomic mass is 8.95. The lowest BCUT2D eigenvalue weighted by molar-refractivity contribution is -0.624. The first kappa shape index (κ1) is 57.8. The van der Waals surface area contributed by atoms with Gasteiger partial charge in [0.25, 0.3) is 0 Å². The minimum Gasteiger partial charge on any atom is -0.371 e. The zero-order valence-electron chi connectivity index (χ0n) is 53.7. The van der Waals surface area contributed by atoms with Crippen LogP contribution >= 0.6 is 0 Å². The minimum absolute atomic E-state index is 0.300. The van der Waals surface area contributed by atoms with Gasteiger partial charge in [0.1, 0.15) is 0 Å². The predicted molar refractivity (Wildman–Crippen MR) is 325 cm³/mol. The van der Waals surface area contributed by atoms with Gasteiger partial charge in [-0.1, -0.05) is 162 Å². The molecule has 2 saturated heterocycles. The Kier molecular flexibility index (Phi) is 16.4. The molecule has 18 saturated carbocycles. The molecule has 1 heteroatoms. The molecule has 0 amide bonds. The Bertz CT molecular complexity index is 1800. The van der Waals surface area contributed by atoms with E-state index in [-0.39, 0.29) is 0 Å². The van der Waals surface area contributed by atoms with Crippen LogP contribution in [0.4, 0.5) is 0 Å². The van der Waals surface area contributed by atoms with Crippen LogP contribution < -0.4 is 0 Å². The van der Waals surface area contributed by atoms with E-state index in [1.54, 1.807) is 89.9 Å². The van der Waals surface area contributed by atoms with Crippen LogP contribution in [0.3, 0.4) is 0 Å². The second kappa shape index (κ2) is 21.5. The second-order valence-corrected chi connectivity index (χ2v) is 35.7. The topological polar surface area (TPSA) is 9.23 Å². The Morgan fingerprint density at radius 3 is 1.17 bits per heavy atom. The number of ether oxygens (including phenoxy) is 1. The molecule has 0 N–H and O–H groups in total. The van der Waals surface area contributed by atoms with Gasteiger partial charge in [0, 0.05) is 0 Å². The zero-order chi connectivity index (χ0) is 54.0. The Hall–Kier alpha value is -0.0400. The SMILES string of the molecule is CC(C)C1(C)CC1.CC(C)C12C3C4C5C3C1C5C42.CC(C)C12CC(C1)C2.CC(C)C12CC3CC(CC(C3)O1)C2.CC(C)C1CC2(CCCCC2)C1.CC(C)C1CCC12CCCCC2.CC(C)C1CCC2(CCCCC2)C1. The third-order valence-electron chi connectivity index (χ3n) is 30.1. The molecule has 436 valence electrons. The molecule has 0 aromatic carbocycles. The lowest BCUT2D eigenvalue weighted by Crippen LogP contribution is -3.06. The highest BCUT2D eigenvalue weighted by molar-refractivity contribution is 5.50. The maximum atomic E-state index is 6.27. The van der Waals surface area contributed by atoms with E-state index in [0.717, 1.165) is 109 Å². The first-order valence-electron chi connectivity index (χ1n) is 35.7.